The second-order valence-electron chi connectivity index (χ2n) is 6.64. The van der Waals surface area contributed by atoms with Gasteiger partial charge in [-0.2, -0.15) is 0 Å². The molecule has 27 heavy (non-hydrogen) atoms. The van der Waals surface area contributed by atoms with Crippen LogP contribution in [0.1, 0.15) is 38.1 Å². The van der Waals surface area contributed by atoms with Crippen molar-refractivity contribution in [2.45, 2.75) is 44.1 Å². The zero-order valence-corrected chi connectivity index (χ0v) is 16.6. The zero-order valence-electron chi connectivity index (χ0n) is 15.8. The number of thioether (sulfide) groups is 1. The number of hydrogen-bond acceptors (Lipinski definition) is 6. The van der Waals surface area contributed by atoms with Crippen LogP contribution in [0.25, 0.3) is 11.3 Å². The first-order valence-electron chi connectivity index (χ1n) is 9.18. The summed E-state index contributed by atoms with van der Waals surface area (Å²) in [6.07, 6.45) is 3.45. The van der Waals surface area contributed by atoms with Gasteiger partial charge in [-0.25, -0.2) is 9.97 Å². The van der Waals surface area contributed by atoms with E-state index in [1.54, 1.807) is 11.8 Å². The summed E-state index contributed by atoms with van der Waals surface area (Å²) in [5, 5.41) is 0.972. The Balaban J connectivity index is 1.58. The quantitative estimate of drug-likeness (QED) is 0.571. The van der Waals surface area contributed by atoms with E-state index in [-0.39, 0.29) is 0 Å². The first-order valence-corrected chi connectivity index (χ1v) is 10.2. The molecule has 1 aliphatic rings. The van der Waals surface area contributed by atoms with E-state index in [1.165, 1.54) is 6.39 Å². The van der Waals surface area contributed by atoms with Gasteiger partial charge in [0.25, 0.3) is 0 Å². The molecule has 0 bridgehead atoms. The summed E-state index contributed by atoms with van der Waals surface area (Å²) in [5.41, 5.74) is 3.13. The Kier molecular flexibility index (Phi) is 5.11. The van der Waals surface area contributed by atoms with Gasteiger partial charge in [-0.05, 0) is 25.1 Å². The lowest BCUT2D eigenvalue weighted by Gasteiger charge is -2.19. The topological polar surface area (TPSA) is 62.3 Å². The van der Waals surface area contributed by atoms with Gasteiger partial charge in [0.1, 0.15) is 19.0 Å². The summed E-state index contributed by atoms with van der Waals surface area (Å²) in [6, 6.07) is 6.05. The van der Waals surface area contributed by atoms with E-state index >= 15 is 0 Å². The molecule has 7 heteroatoms. The van der Waals surface area contributed by atoms with Gasteiger partial charge in [-0.15, -0.1) is 0 Å². The van der Waals surface area contributed by atoms with Gasteiger partial charge in [0, 0.05) is 23.8 Å². The van der Waals surface area contributed by atoms with E-state index in [0.717, 1.165) is 51.7 Å². The fourth-order valence-electron chi connectivity index (χ4n) is 3.20. The second-order valence-corrected chi connectivity index (χ2v) is 7.58. The molecular weight excluding hydrogens is 362 g/mol. The zero-order chi connectivity index (χ0) is 18.8. The molecule has 0 atom stereocenters. The third-order valence-electron chi connectivity index (χ3n) is 4.51. The van der Waals surface area contributed by atoms with Gasteiger partial charge < -0.3 is 18.5 Å². The predicted molar refractivity (Wildman–Crippen MR) is 104 cm³/mol. The van der Waals surface area contributed by atoms with E-state index in [1.807, 2.05) is 18.3 Å². The van der Waals surface area contributed by atoms with Crippen molar-refractivity contribution in [1.29, 1.82) is 0 Å². The summed E-state index contributed by atoms with van der Waals surface area (Å²) >= 11 is 1.68. The first kappa shape index (κ1) is 18.0. The van der Waals surface area contributed by atoms with Crippen LogP contribution in [0, 0.1) is 0 Å². The monoisotopic (exact) mass is 385 g/mol. The van der Waals surface area contributed by atoms with Gasteiger partial charge in [-0.1, -0.05) is 25.6 Å². The number of oxazole rings is 1. The molecule has 1 aromatic carbocycles. The van der Waals surface area contributed by atoms with Crippen molar-refractivity contribution in [3.63, 3.8) is 0 Å². The number of rotatable bonds is 6. The van der Waals surface area contributed by atoms with Gasteiger partial charge in [0.2, 0.25) is 0 Å². The van der Waals surface area contributed by atoms with Crippen molar-refractivity contribution in [2.75, 3.05) is 13.2 Å². The van der Waals surface area contributed by atoms with Crippen molar-refractivity contribution < 1.29 is 13.9 Å². The molecule has 4 rings (SSSR count). The van der Waals surface area contributed by atoms with E-state index in [4.69, 9.17) is 13.9 Å². The molecule has 6 nitrogen and oxygen atoms in total. The number of imidazole rings is 1. The predicted octanol–water partition coefficient (Wildman–Crippen LogP) is 4.74. The van der Waals surface area contributed by atoms with Crippen LogP contribution >= 0.6 is 11.8 Å². The fourth-order valence-corrected chi connectivity index (χ4v) is 4.19. The smallest absolute Gasteiger partial charge is 0.181 e. The van der Waals surface area contributed by atoms with Crippen LogP contribution in [0.15, 0.2) is 40.4 Å². The van der Waals surface area contributed by atoms with Gasteiger partial charge >= 0.3 is 0 Å². The number of fused-ring (bicyclic) bond motifs is 1. The van der Waals surface area contributed by atoms with Crippen molar-refractivity contribution in [3.05, 3.63) is 42.2 Å². The van der Waals surface area contributed by atoms with Crippen LogP contribution in [0.2, 0.25) is 0 Å². The van der Waals surface area contributed by atoms with E-state index in [2.05, 4.69) is 41.4 Å². The highest BCUT2D eigenvalue weighted by Crippen LogP contribution is 2.36. The minimum Gasteiger partial charge on any atom is -0.486 e. The maximum Gasteiger partial charge on any atom is 0.181 e. The van der Waals surface area contributed by atoms with E-state index in [9.17, 15) is 0 Å². The number of aromatic nitrogens is 3. The first-order chi connectivity index (χ1) is 13.2. The van der Waals surface area contributed by atoms with Crippen LogP contribution < -0.4 is 9.47 Å². The van der Waals surface area contributed by atoms with Crippen molar-refractivity contribution in [2.24, 2.45) is 0 Å². The Morgan fingerprint density at radius 2 is 1.96 bits per heavy atom. The Bertz CT molecular complexity index is 932. The molecule has 0 radical (unpaired) electrons. The molecule has 2 aromatic heterocycles. The standard InChI is InChI=1S/C20H23N3O3S/c1-4-23-16(14-5-6-17-18(9-14)25-8-7-24-17)10-21-20(23)27-11-15-19(13(2)3)26-12-22-15/h5-6,9-10,12-13H,4,7-8,11H2,1-3H3. The Labute approximate surface area is 162 Å². The molecule has 0 unspecified atom stereocenters. The molecule has 0 saturated heterocycles. The fraction of sp³-hybridized carbons (Fsp3) is 0.400. The molecule has 1 aliphatic heterocycles. The van der Waals surface area contributed by atoms with Crippen LogP contribution in [0.4, 0.5) is 0 Å². The molecule has 142 valence electrons. The number of hydrogen-bond donors (Lipinski definition) is 0. The van der Waals surface area contributed by atoms with Crippen LogP contribution in [0.5, 0.6) is 11.5 Å². The summed E-state index contributed by atoms with van der Waals surface area (Å²) < 4.78 is 19.1. The molecule has 0 fully saturated rings. The average Bonchev–Trinajstić information content (AvgIpc) is 3.32. The lowest BCUT2D eigenvalue weighted by molar-refractivity contribution is 0.171. The Hall–Kier alpha value is -2.41. The summed E-state index contributed by atoms with van der Waals surface area (Å²) in [4.78, 5) is 9.01. The second kappa shape index (κ2) is 7.68. The molecule has 0 N–H and O–H groups in total. The number of benzene rings is 1. The van der Waals surface area contributed by atoms with Crippen LogP contribution in [-0.2, 0) is 12.3 Å². The maximum atomic E-state index is 5.72. The summed E-state index contributed by atoms with van der Waals surface area (Å²) in [6.45, 7) is 8.37. The Morgan fingerprint density at radius 1 is 1.15 bits per heavy atom. The highest BCUT2D eigenvalue weighted by molar-refractivity contribution is 7.98. The molecule has 0 amide bonds. The molecule has 3 aromatic rings. The Morgan fingerprint density at radius 3 is 2.74 bits per heavy atom. The lowest BCUT2D eigenvalue weighted by Crippen LogP contribution is -2.15. The largest absolute Gasteiger partial charge is 0.486 e. The third-order valence-corrected chi connectivity index (χ3v) is 5.51. The third kappa shape index (κ3) is 3.56. The minimum atomic E-state index is 0.322. The van der Waals surface area contributed by atoms with Crippen LogP contribution in [-0.4, -0.2) is 27.7 Å². The molecule has 0 spiro atoms. The lowest BCUT2D eigenvalue weighted by atomic mass is 10.1. The average molecular weight is 385 g/mol. The van der Waals surface area contributed by atoms with Crippen molar-refractivity contribution >= 4 is 11.8 Å². The summed E-state index contributed by atoms with van der Waals surface area (Å²) in [7, 11) is 0. The maximum absolute atomic E-state index is 5.72. The number of nitrogens with zero attached hydrogens (tertiary/aromatic N) is 3. The molecule has 0 aliphatic carbocycles. The molecule has 3 heterocycles. The summed E-state index contributed by atoms with van der Waals surface area (Å²) in [5.74, 6) is 3.60. The van der Waals surface area contributed by atoms with Gasteiger partial charge in [-0.3, -0.25) is 0 Å². The van der Waals surface area contributed by atoms with Gasteiger partial charge in [0.05, 0.1) is 17.6 Å². The SMILES string of the molecule is CCn1c(-c2ccc3c(c2)OCCO3)cnc1SCc1ncoc1C(C)C. The van der Waals surface area contributed by atoms with Crippen molar-refractivity contribution in [3.8, 4) is 22.8 Å². The van der Waals surface area contributed by atoms with E-state index in [0.29, 0.717) is 19.1 Å². The van der Waals surface area contributed by atoms with E-state index < -0.39 is 0 Å². The molecular formula is C20H23N3O3S. The highest BCUT2D eigenvalue weighted by atomic mass is 32.2. The number of ether oxygens (including phenoxy) is 2. The highest BCUT2D eigenvalue weighted by Gasteiger charge is 2.18. The van der Waals surface area contributed by atoms with Crippen LogP contribution in [0.3, 0.4) is 0 Å². The normalized spacial score (nSPS) is 13.3. The van der Waals surface area contributed by atoms with Gasteiger partial charge in [0.15, 0.2) is 23.0 Å². The molecule has 0 saturated carbocycles. The van der Waals surface area contributed by atoms with Crippen molar-refractivity contribution in [1.82, 2.24) is 14.5 Å². The minimum absolute atomic E-state index is 0.322.